The number of likely N-dealkylation sites (tertiary alicyclic amines) is 1. The number of nitrogens with one attached hydrogen (secondary N) is 2. The summed E-state index contributed by atoms with van der Waals surface area (Å²) in [5.74, 6) is 2.06. The zero-order chi connectivity index (χ0) is 34.0. The number of methoxy groups -OCH3 is 1. The molecule has 2 aromatic heterocycles. The zero-order valence-corrected chi connectivity index (χ0v) is 31.0. The monoisotopic (exact) mass is 733 g/mol. The van der Waals surface area contributed by atoms with Crippen molar-refractivity contribution in [1.29, 1.82) is 0 Å². The summed E-state index contributed by atoms with van der Waals surface area (Å²) in [7, 11) is -1.02. The van der Waals surface area contributed by atoms with Crippen LogP contribution in [0.25, 0.3) is 10.9 Å². The number of aryl methyl sites for hydroxylation is 2. The van der Waals surface area contributed by atoms with Crippen LogP contribution in [0.1, 0.15) is 50.8 Å². The highest BCUT2D eigenvalue weighted by atomic mass is 79.9. The van der Waals surface area contributed by atoms with Gasteiger partial charge in [0.05, 0.1) is 28.5 Å². The molecule has 6 rings (SSSR count). The third-order valence-corrected chi connectivity index (χ3v) is 11.6. The van der Waals surface area contributed by atoms with Crippen LogP contribution in [-0.2, 0) is 22.2 Å². The molecule has 0 saturated carbocycles. The van der Waals surface area contributed by atoms with Gasteiger partial charge in [-0.2, -0.15) is 4.98 Å². The minimum atomic E-state index is -2.71. The molecule has 0 atom stereocenters. The van der Waals surface area contributed by atoms with Crippen molar-refractivity contribution < 1.29 is 14.1 Å². The second-order valence-corrected chi connectivity index (χ2v) is 17.0. The molecule has 4 heterocycles. The van der Waals surface area contributed by atoms with Crippen LogP contribution in [0.2, 0.25) is 0 Å². The summed E-state index contributed by atoms with van der Waals surface area (Å²) in [5.41, 5.74) is 5.75. The summed E-state index contributed by atoms with van der Waals surface area (Å²) in [6, 6.07) is 12.7. The zero-order valence-electron chi connectivity index (χ0n) is 28.5. The first-order valence-corrected chi connectivity index (χ1v) is 20.2. The Kier molecular flexibility index (Phi) is 10.4. The van der Waals surface area contributed by atoms with Gasteiger partial charge in [-0.1, -0.05) is 19.9 Å². The molecule has 0 radical (unpaired) electrons. The number of ether oxygens (including phenoxy) is 1. The van der Waals surface area contributed by atoms with E-state index in [1.807, 2.05) is 24.3 Å². The quantitative estimate of drug-likeness (QED) is 0.161. The van der Waals surface area contributed by atoms with E-state index >= 15 is 0 Å². The SMILES string of the molecule is CCc1ccc2c(P(C)(C)=O)c(Nc3nc(Nc4cc(CC)c(N5CCC(N6CCC(=O)CC6)CC5)cc4OC)ncc3Br)ccc2n1. The number of fused-ring (bicyclic) bond motifs is 1. The fourth-order valence-electron chi connectivity index (χ4n) is 6.94. The molecule has 2 fully saturated rings. The lowest BCUT2D eigenvalue weighted by atomic mass is 9.98. The molecule has 0 spiro atoms. The van der Waals surface area contributed by atoms with Crippen LogP contribution in [-0.4, -0.2) is 78.3 Å². The number of Topliss-reactive ketones (excluding diaryl/α,β-unsaturated/α-hetero) is 1. The van der Waals surface area contributed by atoms with E-state index in [9.17, 15) is 9.36 Å². The van der Waals surface area contributed by atoms with E-state index in [-0.39, 0.29) is 0 Å². The molecule has 2 N–H and O–H groups in total. The number of pyridine rings is 1. The fourth-order valence-corrected chi connectivity index (χ4v) is 8.71. The predicted molar refractivity (Wildman–Crippen MR) is 200 cm³/mol. The molecule has 4 aromatic rings. The van der Waals surface area contributed by atoms with Crippen molar-refractivity contribution in [2.75, 3.05) is 62.2 Å². The van der Waals surface area contributed by atoms with Crippen molar-refractivity contribution in [3.05, 3.63) is 58.3 Å². The Balaban J connectivity index is 1.23. The van der Waals surface area contributed by atoms with Crippen LogP contribution in [0.5, 0.6) is 5.75 Å². The summed E-state index contributed by atoms with van der Waals surface area (Å²) in [6.45, 7) is 11.5. The van der Waals surface area contributed by atoms with Crippen LogP contribution in [0.4, 0.5) is 28.8 Å². The number of hydrogen-bond acceptors (Lipinski definition) is 10. The Morgan fingerprint density at radius 1 is 0.958 bits per heavy atom. The van der Waals surface area contributed by atoms with Crippen LogP contribution < -0.4 is 25.6 Å². The first-order valence-electron chi connectivity index (χ1n) is 16.8. The normalized spacial score (nSPS) is 16.4. The number of halogens is 1. The Bertz CT molecular complexity index is 1860. The molecular weight excluding hydrogens is 689 g/mol. The standard InChI is InChI=1S/C36H45BrN7O3P/c1-6-23-20-31(33(47-3)21-32(23)44-16-12-25(13-17-44)43-18-14-26(45)15-19-43)41-36-38-22-28(37)35(42-36)40-30-11-10-29-27(34(30)48(4,5)46)9-8-24(7-2)39-29/h8-11,20-22,25H,6-7,12-19H2,1-5H3,(H2,38,40,41,42). The van der Waals surface area contributed by atoms with Crippen molar-refractivity contribution in [3.8, 4) is 5.75 Å². The van der Waals surface area contributed by atoms with Gasteiger partial charge in [-0.05, 0) is 84.8 Å². The number of rotatable bonds is 10. The average Bonchev–Trinajstić information content (AvgIpc) is 3.09. The molecule has 0 aliphatic carbocycles. The van der Waals surface area contributed by atoms with E-state index in [4.69, 9.17) is 14.7 Å². The van der Waals surface area contributed by atoms with Gasteiger partial charge >= 0.3 is 0 Å². The summed E-state index contributed by atoms with van der Waals surface area (Å²) in [5, 5.41) is 8.45. The van der Waals surface area contributed by atoms with E-state index in [1.165, 1.54) is 11.3 Å². The number of hydrogen-bond donors (Lipinski definition) is 2. The summed E-state index contributed by atoms with van der Waals surface area (Å²) in [6.07, 6.45) is 6.95. The molecule has 48 heavy (non-hydrogen) atoms. The molecule has 2 aliphatic heterocycles. The molecule has 0 unspecified atom stereocenters. The maximum Gasteiger partial charge on any atom is 0.229 e. The number of carbonyl (C=O) groups excluding carboxylic acids is 1. The van der Waals surface area contributed by atoms with E-state index in [1.54, 1.807) is 26.6 Å². The van der Waals surface area contributed by atoms with Crippen LogP contribution in [0.3, 0.4) is 0 Å². The number of aromatic nitrogens is 3. The van der Waals surface area contributed by atoms with Gasteiger partial charge < -0.3 is 24.8 Å². The molecule has 2 saturated heterocycles. The number of nitrogens with zero attached hydrogens (tertiary/aromatic N) is 5. The first-order chi connectivity index (χ1) is 23.1. The Hall–Kier alpha value is -3.53. The second-order valence-electron chi connectivity index (χ2n) is 13.0. The molecular formula is C36H45BrN7O3P. The van der Waals surface area contributed by atoms with E-state index in [0.29, 0.717) is 46.7 Å². The van der Waals surface area contributed by atoms with Gasteiger partial charge in [-0.15, -0.1) is 0 Å². The molecule has 12 heteroatoms. The van der Waals surface area contributed by atoms with Gasteiger partial charge in [0.25, 0.3) is 0 Å². The number of piperidine rings is 2. The van der Waals surface area contributed by atoms with Crippen LogP contribution in [0, 0.1) is 0 Å². The first kappa shape index (κ1) is 34.3. The number of carbonyl (C=O) groups is 1. The minimum Gasteiger partial charge on any atom is -0.494 e. The van der Waals surface area contributed by atoms with Crippen molar-refractivity contribution in [3.63, 3.8) is 0 Å². The fraction of sp³-hybridized carbons (Fsp3) is 0.444. The third kappa shape index (κ3) is 7.38. The van der Waals surface area contributed by atoms with Gasteiger partial charge in [-0.3, -0.25) is 14.7 Å². The van der Waals surface area contributed by atoms with Crippen molar-refractivity contribution >= 4 is 73.9 Å². The smallest absolute Gasteiger partial charge is 0.229 e. The summed E-state index contributed by atoms with van der Waals surface area (Å²) >= 11 is 3.61. The largest absolute Gasteiger partial charge is 0.494 e. The maximum absolute atomic E-state index is 13.6. The number of ketones is 1. The summed E-state index contributed by atoms with van der Waals surface area (Å²) < 4.78 is 20.2. The van der Waals surface area contributed by atoms with E-state index < -0.39 is 7.14 Å². The van der Waals surface area contributed by atoms with Gasteiger partial charge in [0, 0.05) is 79.4 Å². The average molecular weight is 735 g/mol. The molecule has 0 amide bonds. The molecule has 2 aliphatic rings. The van der Waals surface area contributed by atoms with Gasteiger partial charge in [0.1, 0.15) is 24.5 Å². The van der Waals surface area contributed by atoms with Crippen LogP contribution in [0.15, 0.2) is 47.1 Å². The minimum absolute atomic E-state index is 0.393. The van der Waals surface area contributed by atoms with Crippen molar-refractivity contribution in [2.24, 2.45) is 0 Å². The highest BCUT2D eigenvalue weighted by Gasteiger charge is 2.29. The molecule has 254 valence electrons. The predicted octanol–water partition coefficient (Wildman–Crippen LogP) is 7.29. The topological polar surface area (TPSA) is 113 Å². The highest BCUT2D eigenvalue weighted by Crippen LogP contribution is 2.42. The number of benzene rings is 2. The summed E-state index contributed by atoms with van der Waals surface area (Å²) in [4.78, 5) is 30.8. The number of anilines is 5. The second kappa shape index (κ2) is 14.5. The third-order valence-electron chi connectivity index (χ3n) is 9.50. The lowest BCUT2D eigenvalue weighted by Gasteiger charge is -2.41. The lowest BCUT2D eigenvalue weighted by molar-refractivity contribution is -0.122. The highest BCUT2D eigenvalue weighted by molar-refractivity contribution is 9.10. The van der Waals surface area contributed by atoms with E-state index in [0.717, 1.165) is 85.1 Å². The van der Waals surface area contributed by atoms with Gasteiger partial charge in [0.15, 0.2) is 0 Å². The lowest BCUT2D eigenvalue weighted by Crippen LogP contribution is -2.48. The van der Waals surface area contributed by atoms with E-state index in [2.05, 4.69) is 67.3 Å². The molecule has 10 nitrogen and oxygen atoms in total. The Morgan fingerprint density at radius 2 is 1.71 bits per heavy atom. The Labute approximate surface area is 291 Å². The van der Waals surface area contributed by atoms with Crippen molar-refractivity contribution in [2.45, 2.75) is 58.4 Å². The van der Waals surface area contributed by atoms with Gasteiger partial charge in [0.2, 0.25) is 5.95 Å². The Morgan fingerprint density at radius 3 is 2.38 bits per heavy atom. The van der Waals surface area contributed by atoms with Crippen molar-refractivity contribution in [1.82, 2.24) is 19.9 Å². The maximum atomic E-state index is 13.6. The molecule has 0 bridgehead atoms. The van der Waals surface area contributed by atoms with Crippen LogP contribution >= 0.6 is 23.1 Å². The van der Waals surface area contributed by atoms with Gasteiger partial charge in [-0.25, -0.2) is 4.98 Å². The molecule has 2 aromatic carbocycles.